The van der Waals surface area contributed by atoms with E-state index in [4.69, 9.17) is 9.52 Å². The second-order valence-electron chi connectivity index (χ2n) is 5.12. The van der Waals surface area contributed by atoms with Crippen molar-refractivity contribution in [3.8, 4) is 0 Å². The van der Waals surface area contributed by atoms with Crippen LogP contribution in [0.4, 0.5) is 5.82 Å². The molecule has 2 N–H and O–H groups in total. The lowest BCUT2D eigenvalue weighted by atomic mass is 10.2. The normalized spacial score (nSPS) is 11.2. The molecule has 0 aliphatic heterocycles. The van der Waals surface area contributed by atoms with E-state index in [0.717, 1.165) is 33.6 Å². The van der Waals surface area contributed by atoms with E-state index in [1.807, 2.05) is 36.7 Å². The summed E-state index contributed by atoms with van der Waals surface area (Å²) in [4.78, 5) is 0. The van der Waals surface area contributed by atoms with Crippen LogP contribution in [-0.2, 0) is 13.1 Å². The zero-order chi connectivity index (χ0) is 14.8. The molecule has 0 atom stereocenters. The number of anilines is 1. The maximum Gasteiger partial charge on any atom is 0.134 e. The predicted octanol–water partition coefficient (Wildman–Crippen LogP) is 2.85. The van der Waals surface area contributed by atoms with E-state index >= 15 is 0 Å². The largest absolute Gasteiger partial charge is 0.464 e. The maximum atomic E-state index is 9.13. The number of para-hydroxylation sites is 1. The Bertz CT molecular complexity index is 758. The van der Waals surface area contributed by atoms with Crippen molar-refractivity contribution < 1.29 is 9.52 Å². The van der Waals surface area contributed by atoms with Crippen LogP contribution in [0.15, 0.2) is 34.9 Å². The van der Waals surface area contributed by atoms with Gasteiger partial charge in [-0.25, -0.2) is 4.68 Å². The number of aromatic nitrogens is 2. The molecule has 2 aromatic heterocycles. The van der Waals surface area contributed by atoms with Crippen molar-refractivity contribution in [3.63, 3.8) is 0 Å². The summed E-state index contributed by atoms with van der Waals surface area (Å²) in [5.41, 5.74) is 4.09. The highest BCUT2D eigenvalue weighted by molar-refractivity contribution is 5.81. The Balaban J connectivity index is 1.84. The summed E-state index contributed by atoms with van der Waals surface area (Å²) in [6.07, 6.45) is 1.78. The molecule has 1 aromatic carbocycles. The van der Waals surface area contributed by atoms with Crippen molar-refractivity contribution in [3.05, 3.63) is 47.3 Å². The molecular weight excluding hydrogens is 266 g/mol. The highest BCUT2D eigenvalue weighted by atomic mass is 16.3. The topological polar surface area (TPSA) is 63.2 Å². The van der Waals surface area contributed by atoms with Gasteiger partial charge in [0.05, 0.1) is 25.1 Å². The number of nitrogens with one attached hydrogen (secondary N) is 1. The highest BCUT2D eigenvalue weighted by Crippen LogP contribution is 2.23. The Morgan fingerprint density at radius 3 is 2.90 bits per heavy atom. The van der Waals surface area contributed by atoms with Gasteiger partial charge in [0.15, 0.2) is 0 Å². The Kier molecular flexibility index (Phi) is 3.66. The number of hydrogen-bond acceptors (Lipinski definition) is 4. The molecule has 0 fully saturated rings. The van der Waals surface area contributed by atoms with Crippen molar-refractivity contribution >= 4 is 16.8 Å². The highest BCUT2D eigenvalue weighted by Gasteiger charge is 2.12. The summed E-state index contributed by atoms with van der Waals surface area (Å²) in [5, 5.41) is 18.1. The third-order valence-corrected chi connectivity index (χ3v) is 3.75. The number of fused-ring (bicyclic) bond motifs is 1. The number of aliphatic hydroxyl groups excluding tert-OH is 1. The van der Waals surface area contributed by atoms with Crippen LogP contribution in [0.3, 0.4) is 0 Å². The molecule has 0 aliphatic rings. The SMILES string of the molecule is Cc1nn(CCO)c(NCc2coc3ccccc23)c1C. The predicted molar refractivity (Wildman–Crippen MR) is 82.3 cm³/mol. The lowest BCUT2D eigenvalue weighted by Gasteiger charge is -2.09. The molecule has 0 amide bonds. The van der Waals surface area contributed by atoms with Crippen molar-refractivity contribution in [1.29, 1.82) is 0 Å². The van der Waals surface area contributed by atoms with Gasteiger partial charge in [0.1, 0.15) is 11.4 Å². The lowest BCUT2D eigenvalue weighted by molar-refractivity contribution is 0.270. The van der Waals surface area contributed by atoms with Crippen LogP contribution in [0, 0.1) is 13.8 Å². The van der Waals surface area contributed by atoms with Crippen LogP contribution in [0.5, 0.6) is 0 Å². The first-order valence-corrected chi connectivity index (χ1v) is 7.04. The van der Waals surface area contributed by atoms with Gasteiger partial charge in [-0.15, -0.1) is 0 Å². The molecule has 0 saturated carbocycles. The van der Waals surface area contributed by atoms with Gasteiger partial charge in [-0.05, 0) is 19.9 Å². The summed E-state index contributed by atoms with van der Waals surface area (Å²) in [6, 6.07) is 7.99. The first-order chi connectivity index (χ1) is 10.2. The summed E-state index contributed by atoms with van der Waals surface area (Å²) in [5.74, 6) is 0.951. The zero-order valence-electron chi connectivity index (χ0n) is 12.3. The number of aliphatic hydroxyl groups is 1. The van der Waals surface area contributed by atoms with Crippen molar-refractivity contribution in [2.75, 3.05) is 11.9 Å². The third-order valence-electron chi connectivity index (χ3n) is 3.75. The van der Waals surface area contributed by atoms with Crippen LogP contribution in [0.1, 0.15) is 16.8 Å². The van der Waals surface area contributed by atoms with Gasteiger partial charge in [-0.3, -0.25) is 0 Å². The molecule has 0 spiro atoms. The van der Waals surface area contributed by atoms with Crippen LogP contribution in [-0.4, -0.2) is 21.5 Å². The van der Waals surface area contributed by atoms with Crippen molar-refractivity contribution in [1.82, 2.24) is 9.78 Å². The fourth-order valence-electron chi connectivity index (χ4n) is 2.50. The molecule has 0 saturated heterocycles. The minimum atomic E-state index is 0.0733. The fourth-order valence-corrected chi connectivity index (χ4v) is 2.50. The Morgan fingerprint density at radius 1 is 1.29 bits per heavy atom. The number of nitrogens with zero attached hydrogens (tertiary/aromatic N) is 2. The molecule has 0 bridgehead atoms. The number of hydrogen-bond donors (Lipinski definition) is 2. The minimum absolute atomic E-state index is 0.0733. The second-order valence-corrected chi connectivity index (χ2v) is 5.12. The van der Waals surface area contributed by atoms with Gasteiger partial charge in [-0.1, -0.05) is 18.2 Å². The van der Waals surface area contributed by atoms with Gasteiger partial charge in [-0.2, -0.15) is 5.10 Å². The Labute approximate surface area is 123 Å². The van der Waals surface area contributed by atoms with E-state index in [9.17, 15) is 0 Å². The van der Waals surface area contributed by atoms with Gasteiger partial charge in [0.2, 0.25) is 0 Å². The summed E-state index contributed by atoms with van der Waals surface area (Å²) < 4.78 is 7.36. The second kappa shape index (κ2) is 5.61. The van der Waals surface area contributed by atoms with E-state index in [2.05, 4.69) is 16.5 Å². The van der Waals surface area contributed by atoms with Crippen LogP contribution >= 0.6 is 0 Å². The van der Waals surface area contributed by atoms with E-state index in [1.165, 1.54) is 0 Å². The average Bonchev–Trinajstić information content (AvgIpc) is 3.01. The lowest BCUT2D eigenvalue weighted by Crippen LogP contribution is -2.10. The van der Waals surface area contributed by atoms with Crippen LogP contribution < -0.4 is 5.32 Å². The monoisotopic (exact) mass is 285 g/mol. The molecule has 3 rings (SSSR count). The molecule has 110 valence electrons. The van der Waals surface area contributed by atoms with Crippen LogP contribution in [0.25, 0.3) is 11.0 Å². The molecule has 2 heterocycles. The van der Waals surface area contributed by atoms with Crippen molar-refractivity contribution in [2.24, 2.45) is 0 Å². The molecule has 5 nitrogen and oxygen atoms in total. The van der Waals surface area contributed by atoms with Crippen LogP contribution in [0.2, 0.25) is 0 Å². The van der Waals surface area contributed by atoms with Gasteiger partial charge < -0.3 is 14.8 Å². The fraction of sp³-hybridized carbons (Fsp3) is 0.312. The molecule has 21 heavy (non-hydrogen) atoms. The van der Waals surface area contributed by atoms with Gasteiger partial charge in [0, 0.05) is 23.1 Å². The molecule has 0 radical (unpaired) electrons. The standard InChI is InChI=1S/C16H19N3O2/c1-11-12(2)18-19(7-8-20)16(11)17-9-13-10-21-15-6-4-3-5-14(13)15/h3-6,10,17,20H,7-9H2,1-2H3. The molecule has 0 aliphatic carbocycles. The molecular formula is C16H19N3O2. The summed E-state index contributed by atoms with van der Waals surface area (Å²) in [6.45, 7) is 5.23. The van der Waals surface area contributed by atoms with E-state index in [0.29, 0.717) is 13.1 Å². The molecule has 3 aromatic rings. The summed E-state index contributed by atoms with van der Waals surface area (Å²) in [7, 11) is 0. The first-order valence-electron chi connectivity index (χ1n) is 7.04. The quantitative estimate of drug-likeness (QED) is 0.756. The number of aryl methyl sites for hydroxylation is 1. The van der Waals surface area contributed by atoms with Gasteiger partial charge >= 0.3 is 0 Å². The average molecular weight is 285 g/mol. The zero-order valence-corrected chi connectivity index (χ0v) is 12.3. The van der Waals surface area contributed by atoms with Crippen molar-refractivity contribution in [2.45, 2.75) is 26.9 Å². The summed E-state index contributed by atoms with van der Waals surface area (Å²) >= 11 is 0. The maximum absolute atomic E-state index is 9.13. The van der Waals surface area contributed by atoms with E-state index in [-0.39, 0.29) is 6.61 Å². The van der Waals surface area contributed by atoms with E-state index < -0.39 is 0 Å². The Morgan fingerprint density at radius 2 is 2.10 bits per heavy atom. The number of furan rings is 1. The Hall–Kier alpha value is -2.27. The number of rotatable bonds is 5. The number of benzene rings is 1. The smallest absolute Gasteiger partial charge is 0.134 e. The third kappa shape index (κ3) is 2.52. The first kappa shape index (κ1) is 13.7. The molecule has 0 unspecified atom stereocenters. The molecule has 5 heteroatoms. The minimum Gasteiger partial charge on any atom is -0.464 e. The van der Waals surface area contributed by atoms with E-state index in [1.54, 1.807) is 6.26 Å². The van der Waals surface area contributed by atoms with Gasteiger partial charge in [0.25, 0.3) is 0 Å².